The Labute approximate surface area is 135 Å². The highest BCUT2D eigenvalue weighted by Gasteiger charge is 2.41. The maximum absolute atomic E-state index is 2.48. The van der Waals surface area contributed by atoms with Gasteiger partial charge in [-0.3, -0.25) is 0 Å². The molecule has 0 aromatic carbocycles. The van der Waals surface area contributed by atoms with Crippen molar-refractivity contribution in [3.05, 3.63) is 0 Å². The van der Waals surface area contributed by atoms with Crippen molar-refractivity contribution in [3.63, 3.8) is 0 Å². The molecule has 0 aliphatic carbocycles. The van der Waals surface area contributed by atoms with Gasteiger partial charge in [-0.15, -0.1) is 0 Å². The van der Waals surface area contributed by atoms with Crippen LogP contribution in [0.1, 0.15) is 64.7 Å². The Morgan fingerprint density at radius 3 is 1.19 bits per heavy atom. The molecule has 0 unspecified atom stereocenters. The van der Waals surface area contributed by atoms with Crippen LogP contribution in [0.3, 0.4) is 0 Å². The van der Waals surface area contributed by atoms with E-state index < -0.39 is 8.56 Å². The molecule has 0 bridgehead atoms. The van der Waals surface area contributed by atoms with Crippen molar-refractivity contribution < 1.29 is 0 Å². The van der Waals surface area contributed by atoms with E-state index in [2.05, 4.69) is 62.9 Å². The standard InChI is InChI=1S/C17H41N3Si/c1-8-9-10-11-12-13-14-15-16-17-21(18(2)3,19(4)5)20(6)7/h8-17H2,1-7H3. The second-order valence-corrected chi connectivity index (χ2v) is 11.8. The maximum Gasteiger partial charge on any atom is 0.288 e. The van der Waals surface area contributed by atoms with Crippen molar-refractivity contribution in [2.45, 2.75) is 70.8 Å². The highest BCUT2D eigenvalue weighted by molar-refractivity contribution is 6.71. The van der Waals surface area contributed by atoms with Crippen LogP contribution in [0.2, 0.25) is 6.04 Å². The second-order valence-electron chi connectivity index (χ2n) is 7.04. The van der Waals surface area contributed by atoms with E-state index in [0.29, 0.717) is 0 Å². The van der Waals surface area contributed by atoms with Gasteiger partial charge in [0.05, 0.1) is 0 Å². The normalized spacial score (nSPS) is 12.9. The van der Waals surface area contributed by atoms with Crippen molar-refractivity contribution in [2.24, 2.45) is 0 Å². The van der Waals surface area contributed by atoms with Gasteiger partial charge in [0.2, 0.25) is 0 Å². The van der Waals surface area contributed by atoms with Gasteiger partial charge in [-0.2, -0.15) is 0 Å². The molecule has 0 saturated carbocycles. The lowest BCUT2D eigenvalue weighted by Gasteiger charge is -2.46. The third-order valence-electron chi connectivity index (χ3n) is 4.76. The smallest absolute Gasteiger partial charge is 0.288 e. The summed E-state index contributed by atoms with van der Waals surface area (Å²) in [4.78, 5) is 0. The van der Waals surface area contributed by atoms with Crippen LogP contribution in [0, 0.1) is 0 Å². The Morgan fingerprint density at radius 2 is 0.857 bits per heavy atom. The second kappa shape index (κ2) is 11.6. The van der Waals surface area contributed by atoms with Gasteiger partial charge in [-0.1, -0.05) is 64.7 Å². The fourth-order valence-corrected chi connectivity index (χ4v) is 8.01. The molecule has 4 heteroatoms. The van der Waals surface area contributed by atoms with Gasteiger partial charge in [-0.05, 0) is 48.3 Å². The number of unbranched alkanes of at least 4 members (excludes halogenated alkanes) is 8. The summed E-state index contributed by atoms with van der Waals surface area (Å²) < 4.78 is 7.45. The molecule has 0 radical (unpaired) electrons. The minimum atomic E-state index is -1.61. The lowest BCUT2D eigenvalue weighted by atomic mass is 10.1. The van der Waals surface area contributed by atoms with Crippen molar-refractivity contribution in [2.75, 3.05) is 42.3 Å². The van der Waals surface area contributed by atoms with E-state index >= 15 is 0 Å². The van der Waals surface area contributed by atoms with E-state index in [1.807, 2.05) is 0 Å². The lowest BCUT2D eigenvalue weighted by molar-refractivity contribution is 0.372. The minimum Gasteiger partial charge on any atom is -0.305 e. The molecule has 0 spiro atoms. The molecule has 0 aromatic rings. The summed E-state index contributed by atoms with van der Waals surface area (Å²) in [5, 5.41) is 0. The van der Waals surface area contributed by atoms with Crippen molar-refractivity contribution in [1.82, 2.24) is 13.7 Å². The Bertz CT molecular complexity index is 220. The quantitative estimate of drug-likeness (QED) is 0.373. The molecular formula is C17H41N3Si. The van der Waals surface area contributed by atoms with Gasteiger partial charge in [0.1, 0.15) is 0 Å². The van der Waals surface area contributed by atoms with Crippen LogP contribution in [-0.4, -0.2) is 64.5 Å². The molecule has 0 rings (SSSR count). The van der Waals surface area contributed by atoms with E-state index in [9.17, 15) is 0 Å². The van der Waals surface area contributed by atoms with Gasteiger partial charge >= 0.3 is 0 Å². The van der Waals surface area contributed by atoms with Gasteiger partial charge < -0.3 is 13.7 Å². The molecule has 0 aliphatic heterocycles. The summed E-state index contributed by atoms with van der Waals surface area (Å²) >= 11 is 0. The molecule has 0 atom stereocenters. The number of nitrogens with zero attached hydrogens (tertiary/aromatic N) is 3. The maximum atomic E-state index is 2.48. The number of rotatable bonds is 13. The van der Waals surface area contributed by atoms with Crippen molar-refractivity contribution in [3.8, 4) is 0 Å². The molecule has 21 heavy (non-hydrogen) atoms. The molecule has 0 amide bonds. The molecular weight excluding hydrogens is 274 g/mol. The summed E-state index contributed by atoms with van der Waals surface area (Å²) in [6.45, 7) is 2.29. The monoisotopic (exact) mass is 315 g/mol. The van der Waals surface area contributed by atoms with Gasteiger partial charge in [-0.25, -0.2) is 0 Å². The molecule has 0 saturated heterocycles. The van der Waals surface area contributed by atoms with E-state index in [1.54, 1.807) is 0 Å². The first-order valence-corrected chi connectivity index (χ1v) is 11.0. The van der Waals surface area contributed by atoms with Crippen LogP contribution >= 0.6 is 0 Å². The Morgan fingerprint density at radius 1 is 0.524 bits per heavy atom. The first kappa shape index (κ1) is 21.1. The lowest BCUT2D eigenvalue weighted by Crippen LogP contribution is -2.69. The zero-order valence-corrected chi connectivity index (χ0v) is 16.9. The molecule has 0 aromatic heterocycles. The predicted octanol–water partition coefficient (Wildman–Crippen LogP) is 4.14. The van der Waals surface area contributed by atoms with Gasteiger partial charge in [0.25, 0.3) is 8.56 Å². The number of hydrogen-bond acceptors (Lipinski definition) is 3. The van der Waals surface area contributed by atoms with E-state index in [0.717, 1.165) is 0 Å². The summed E-state index contributed by atoms with van der Waals surface area (Å²) in [5.74, 6) is 0. The minimum absolute atomic E-state index is 1.34. The molecule has 0 N–H and O–H groups in total. The SMILES string of the molecule is CCCCCCCCCCC[Si](N(C)C)(N(C)C)N(C)C. The zero-order valence-electron chi connectivity index (χ0n) is 15.9. The first-order valence-electron chi connectivity index (χ1n) is 8.91. The van der Waals surface area contributed by atoms with Crippen molar-refractivity contribution in [1.29, 1.82) is 0 Å². The largest absolute Gasteiger partial charge is 0.305 e. The van der Waals surface area contributed by atoms with E-state index in [-0.39, 0.29) is 0 Å². The molecule has 0 heterocycles. The van der Waals surface area contributed by atoms with Crippen molar-refractivity contribution >= 4 is 8.56 Å². The highest BCUT2D eigenvalue weighted by atomic mass is 28.4. The number of hydrogen-bond donors (Lipinski definition) is 0. The van der Waals surface area contributed by atoms with E-state index in [4.69, 9.17) is 0 Å². The molecule has 0 aliphatic rings. The third kappa shape index (κ3) is 7.27. The van der Waals surface area contributed by atoms with Gasteiger partial charge in [0, 0.05) is 0 Å². The predicted molar refractivity (Wildman–Crippen MR) is 98.8 cm³/mol. The average Bonchev–Trinajstić information content (AvgIpc) is 2.39. The molecule has 128 valence electrons. The van der Waals surface area contributed by atoms with Crippen LogP contribution in [0.4, 0.5) is 0 Å². The Balaban J connectivity index is 3.95. The first-order chi connectivity index (χ1) is 9.89. The van der Waals surface area contributed by atoms with Crippen LogP contribution < -0.4 is 0 Å². The Hall–Kier alpha value is 0.0969. The average molecular weight is 316 g/mol. The fourth-order valence-electron chi connectivity index (χ4n) is 3.54. The summed E-state index contributed by atoms with van der Waals surface area (Å²) in [5.41, 5.74) is 0. The van der Waals surface area contributed by atoms with Crippen LogP contribution in [-0.2, 0) is 0 Å². The highest BCUT2D eigenvalue weighted by Crippen LogP contribution is 2.22. The summed E-state index contributed by atoms with van der Waals surface area (Å²) in [6.07, 6.45) is 12.7. The Kier molecular flexibility index (Phi) is 11.7. The molecule has 3 nitrogen and oxygen atoms in total. The topological polar surface area (TPSA) is 9.72 Å². The van der Waals surface area contributed by atoms with Crippen LogP contribution in [0.5, 0.6) is 0 Å². The van der Waals surface area contributed by atoms with Gasteiger partial charge in [0.15, 0.2) is 0 Å². The summed E-state index contributed by atoms with van der Waals surface area (Å²) in [7, 11) is 11.9. The van der Waals surface area contributed by atoms with Crippen LogP contribution in [0.25, 0.3) is 0 Å². The molecule has 0 fully saturated rings. The fraction of sp³-hybridized carbons (Fsp3) is 1.00. The van der Waals surface area contributed by atoms with Crippen LogP contribution in [0.15, 0.2) is 0 Å². The van der Waals surface area contributed by atoms with E-state index in [1.165, 1.54) is 63.8 Å². The zero-order chi connectivity index (χ0) is 16.3. The third-order valence-corrected chi connectivity index (χ3v) is 10.1. The summed E-state index contributed by atoms with van der Waals surface area (Å²) in [6, 6.07) is 1.34.